The van der Waals surface area contributed by atoms with Crippen LogP contribution in [0.2, 0.25) is 5.02 Å². The van der Waals surface area contributed by atoms with Gasteiger partial charge in [-0.15, -0.1) is 0 Å². The van der Waals surface area contributed by atoms with E-state index in [1.54, 1.807) is 0 Å². The molecule has 10 heteroatoms. The summed E-state index contributed by atoms with van der Waals surface area (Å²) in [5.41, 5.74) is 0.286. The van der Waals surface area contributed by atoms with Crippen LogP contribution in [-0.4, -0.2) is 31.8 Å². The van der Waals surface area contributed by atoms with Gasteiger partial charge >= 0.3 is 0 Å². The fourth-order valence-electron chi connectivity index (χ4n) is 2.53. The molecule has 0 spiro atoms. The van der Waals surface area contributed by atoms with Gasteiger partial charge in [0.1, 0.15) is 0 Å². The summed E-state index contributed by atoms with van der Waals surface area (Å²) in [4.78, 5) is 23.0. The van der Waals surface area contributed by atoms with Gasteiger partial charge in [-0.3, -0.25) is 14.9 Å². The number of benzene rings is 2. The van der Waals surface area contributed by atoms with Crippen molar-refractivity contribution >= 4 is 35.0 Å². The first kappa shape index (κ1) is 19.3. The number of hydrogen-bond acceptors (Lipinski definition) is 7. The number of methoxy groups -OCH3 is 2. The molecule has 1 N–H and O–H groups in total. The predicted octanol–water partition coefficient (Wildman–Crippen LogP) is 3.65. The average Bonchev–Trinajstić information content (AvgIpc) is 3.14. The topological polar surface area (TPSA) is 109 Å². The number of rotatable bonds is 6. The third-order valence-electron chi connectivity index (χ3n) is 3.86. The number of nitro groups is 1. The first-order valence-electron chi connectivity index (χ1n) is 7.91. The first-order valence-corrected chi connectivity index (χ1v) is 8.29. The maximum absolute atomic E-state index is 12.3. The molecule has 0 aliphatic carbocycles. The van der Waals surface area contributed by atoms with Crippen LogP contribution >= 0.6 is 11.6 Å². The number of carbonyl (C=O) groups is 1. The molecule has 0 unspecified atom stereocenters. The van der Waals surface area contributed by atoms with Crippen molar-refractivity contribution < 1.29 is 28.7 Å². The Labute approximate surface area is 164 Å². The van der Waals surface area contributed by atoms with E-state index in [9.17, 15) is 14.9 Å². The number of ether oxygens (including phenoxy) is 4. The van der Waals surface area contributed by atoms with E-state index in [2.05, 4.69) is 5.32 Å². The molecule has 3 rings (SSSR count). The second-order valence-electron chi connectivity index (χ2n) is 5.53. The van der Waals surface area contributed by atoms with Crippen molar-refractivity contribution in [2.24, 2.45) is 0 Å². The number of fused-ring (bicyclic) bond motifs is 1. The van der Waals surface area contributed by atoms with Crippen LogP contribution in [0.3, 0.4) is 0 Å². The van der Waals surface area contributed by atoms with Crippen LogP contribution in [0, 0.1) is 10.1 Å². The summed E-state index contributed by atoms with van der Waals surface area (Å²) in [7, 11) is 2.92. The second kappa shape index (κ2) is 8.05. The largest absolute Gasteiger partial charge is 0.493 e. The van der Waals surface area contributed by atoms with Crippen LogP contribution in [0.5, 0.6) is 23.0 Å². The molecule has 146 valence electrons. The van der Waals surface area contributed by atoms with E-state index in [4.69, 9.17) is 30.5 Å². The minimum absolute atomic E-state index is 0.0159. The van der Waals surface area contributed by atoms with Gasteiger partial charge < -0.3 is 24.3 Å². The van der Waals surface area contributed by atoms with Crippen LogP contribution in [0.4, 0.5) is 11.4 Å². The number of amides is 1. The van der Waals surface area contributed by atoms with Gasteiger partial charge in [0.15, 0.2) is 23.0 Å². The summed E-state index contributed by atoms with van der Waals surface area (Å²) in [5, 5.41) is 14.1. The zero-order valence-electron chi connectivity index (χ0n) is 14.9. The Hall–Kier alpha value is -3.46. The number of hydrogen-bond donors (Lipinski definition) is 1. The molecule has 0 saturated heterocycles. The smallest absolute Gasteiger partial charge is 0.280 e. The van der Waals surface area contributed by atoms with E-state index >= 15 is 0 Å². The Morgan fingerprint density at radius 1 is 1.18 bits per heavy atom. The number of nitrogens with one attached hydrogen (secondary N) is 1. The van der Waals surface area contributed by atoms with E-state index < -0.39 is 10.8 Å². The highest BCUT2D eigenvalue weighted by Crippen LogP contribution is 2.39. The van der Waals surface area contributed by atoms with Crippen LogP contribution in [0.25, 0.3) is 6.08 Å². The molecular formula is C18H15ClN2O7. The van der Waals surface area contributed by atoms with Crippen LogP contribution in [0.15, 0.2) is 30.3 Å². The number of anilines is 1. The first-order chi connectivity index (χ1) is 13.4. The lowest BCUT2D eigenvalue weighted by atomic mass is 10.1. The van der Waals surface area contributed by atoms with Crippen molar-refractivity contribution in [2.45, 2.75) is 0 Å². The van der Waals surface area contributed by atoms with E-state index in [0.717, 1.165) is 6.08 Å². The minimum Gasteiger partial charge on any atom is -0.493 e. The van der Waals surface area contributed by atoms with Crippen molar-refractivity contribution in [1.82, 2.24) is 0 Å². The summed E-state index contributed by atoms with van der Waals surface area (Å²) < 4.78 is 20.7. The Kier molecular flexibility index (Phi) is 5.55. The van der Waals surface area contributed by atoms with Gasteiger partial charge in [-0.05, 0) is 12.1 Å². The minimum atomic E-state index is -0.565. The molecule has 0 atom stereocenters. The molecule has 0 bridgehead atoms. The molecule has 1 aliphatic rings. The summed E-state index contributed by atoms with van der Waals surface area (Å²) in [5.74, 6) is 0.912. The maximum Gasteiger partial charge on any atom is 0.280 e. The molecule has 1 amide bonds. The van der Waals surface area contributed by atoms with Gasteiger partial charge in [0.2, 0.25) is 12.7 Å². The fraction of sp³-hybridized carbons (Fsp3) is 0.167. The van der Waals surface area contributed by atoms with Crippen molar-refractivity contribution in [1.29, 1.82) is 0 Å². The zero-order chi connectivity index (χ0) is 20.3. The van der Waals surface area contributed by atoms with Crippen molar-refractivity contribution in [3.8, 4) is 23.0 Å². The van der Waals surface area contributed by atoms with Gasteiger partial charge in [-0.1, -0.05) is 11.6 Å². The third kappa shape index (κ3) is 3.94. The zero-order valence-corrected chi connectivity index (χ0v) is 15.6. The van der Waals surface area contributed by atoms with Crippen molar-refractivity contribution in [2.75, 3.05) is 26.3 Å². The molecule has 0 radical (unpaired) electrons. The second-order valence-corrected chi connectivity index (χ2v) is 5.94. The van der Waals surface area contributed by atoms with E-state index in [1.807, 2.05) is 0 Å². The third-order valence-corrected chi connectivity index (χ3v) is 4.18. The molecule has 2 aromatic rings. The lowest BCUT2D eigenvalue weighted by molar-refractivity contribution is -0.385. The summed E-state index contributed by atoms with van der Waals surface area (Å²) in [6, 6.07) is 5.71. The summed E-state index contributed by atoms with van der Waals surface area (Å²) in [6.45, 7) is -0.0159. The normalized spacial score (nSPS) is 12.1. The van der Waals surface area contributed by atoms with E-state index in [-0.39, 0.29) is 28.8 Å². The van der Waals surface area contributed by atoms with Gasteiger partial charge in [-0.25, -0.2) is 0 Å². The number of halogens is 1. The van der Waals surface area contributed by atoms with Crippen molar-refractivity contribution in [3.63, 3.8) is 0 Å². The SMILES string of the molecule is COc1cc(Cl)c(NC(=O)/C=C/c2cc3c(cc2[N+](=O)[O-])OCO3)cc1OC. The fourth-order valence-corrected chi connectivity index (χ4v) is 2.73. The van der Waals surface area contributed by atoms with Crippen molar-refractivity contribution in [3.05, 3.63) is 51.0 Å². The highest BCUT2D eigenvalue weighted by molar-refractivity contribution is 6.34. The number of carbonyl (C=O) groups excluding carboxylic acids is 1. The Morgan fingerprint density at radius 3 is 2.46 bits per heavy atom. The Bertz CT molecular complexity index is 975. The molecule has 9 nitrogen and oxygen atoms in total. The molecule has 0 aromatic heterocycles. The Morgan fingerprint density at radius 2 is 1.82 bits per heavy atom. The summed E-state index contributed by atoms with van der Waals surface area (Å²) >= 11 is 6.13. The lowest BCUT2D eigenvalue weighted by Crippen LogP contribution is -2.08. The number of nitro benzene ring substituents is 1. The molecule has 0 saturated carbocycles. The van der Waals surface area contributed by atoms with Gasteiger partial charge in [0.05, 0.1) is 41.5 Å². The molecule has 1 aliphatic heterocycles. The monoisotopic (exact) mass is 406 g/mol. The molecular weight excluding hydrogens is 392 g/mol. The van der Waals surface area contributed by atoms with Crippen LogP contribution in [0.1, 0.15) is 5.56 Å². The Balaban J connectivity index is 1.82. The standard InChI is InChI=1S/C18H15ClN2O7/c1-25-14-6-11(19)12(7-15(14)26-2)20-18(22)4-3-10-5-16-17(28-9-27-16)8-13(10)21(23)24/h3-8H,9H2,1-2H3,(H,20,22)/b4-3+. The highest BCUT2D eigenvalue weighted by Gasteiger charge is 2.22. The molecule has 28 heavy (non-hydrogen) atoms. The van der Waals surface area contributed by atoms with E-state index in [0.29, 0.717) is 22.9 Å². The molecule has 2 aromatic carbocycles. The molecule has 1 heterocycles. The molecule has 0 fully saturated rings. The predicted molar refractivity (Wildman–Crippen MR) is 101 cm³/mol. The number of nitrogens with zero attached hydrogens (tertiary/aromatic N) is 1. The van der Waals surface area contributed by atoms with Gasteiger partial charge in [0, 0.05) is 18.2 Å². The van der Waals surface area contributed by atoms with E-state index in [1.165, 1.54) is 44.6 Å². The quantitative estimate of drug-likeness (QED) is 0.443. The van der Waals surface area contributed by atoms with Crippen LogP contribution in [-0.2, 0) is 4.79 Å². The summed E-state index contributed by atoms with van der Waals surface area (Å²) in [6.07, 6.45) is 2.46. The van der Waals surface area contributed by atoms with Gasteiger partial charge in [0.25, 0.3) is 5.69 Å². The lowest BCUT2D eigenvalue weighted by Gasteiger charge is -2.11. The van der Waals surface area contributed by atoms with Crippen LogP contribution < -0.4 is 24.3 Å². The average molecular weight is 407 g/mol. The highest BCUT2D eigenvalue weighted by atomic mass is 35.5. The van der Waals surface area contributed by atoms with Gasteiger partial charge in [-0.2, -0.15) is 0 Å². The maximum atomic E-state index is 12.3.